The molecule has 19 heavy (non-hydrogen) atoms. The molecular formula is C14H18BrNO3. The van der Waals surface area contributed by atoms with E-state index in [2.05, 4.69) is 22.5 Å². The Morgan fingerprint density at radius 1 is 1.53 bits per heavy atom. The first-order valence-corrected chi connectivity index (χ1v) is 6.80. The lowest BCUT2D eigenvalue weighted by molar-refractivity contribution is -0.137. The van der Waals surface area contributed by atoms with Gasteiger partial charge in [0.1, 0.15) is 5.75 Å². The average Bonchev–Trinajstić information content (AvgIpc) is 2.40. The highest BCUT2D eigenvalue weighted by Gasteiger charge is 2.20. The van der Waals surface area contributed by atoms with E-state index in [1.807, 2.05) is 12.1 Å². The standard InChI is InChI=1S/C14H18BrNO3/c1-3-8-16(9-10-17)14(18)11(2)19-13-6-4-12(15)5-7-13/h3-7,11,17H,1,8-10H2,2H3. The zero-order valence-electron chi connectivity index (χ0n) is 10.9. The first-order valence-electron chi connectivity index (χ1n) is 6.01. The van der Waals surface area contributed by atoms with E-state index in [9.17, 15) is 4.79 Å². The highest BCUT2D eigenvalue weighted by atomic mass is 79.9. The van der Waals surface area contributed by atoms with Crippen LogP contribution in [0.25, 0.3) is 0 Å². The monoisotopic (exact) mass is 327 g/mol. The number of ether oxygens (including phenoxy) is 1. The number of nitrogens with zero attached hydrogens (tertiary/aromatic N) is 1. The Morgan fingerprint density at radius 3 is 2.68 bits per heavy atom. The first kappa shape index (κ1) is 15.7. The molecule has 1 aromatic carbocycles. The van der Waals surface area contributed by atoms with Gasteiger partial charge in [0.2, 0.25) is 0 Å². The maximum atomic E-state index is 12.1. The van der Waals surface area contributed by atoms with Crippen LogP contribution in [0.1, 0.15) is 6.92 Å². The third-order valence-electron chi connectivity index (χ3n) is 2.51. The van der Waals surface area contributed by atoms with Crippen molar-refractivity contribution >= 4 is 21.8 Å². The quantitative estimate of drug-likeness (QED) is 0.781. The fraction of sp³-hybridized carbons (Fsp3) is 0.357. The second-order valence-electron chi connectivity index (χ2n) is 4.01. The average molecular weight is 328 g/mol. The predicted molar refractivity (Wildman–Crippen MR) is 78.1 cm³/mol. The Labute approximate surface area is 121 Å². The van der Waals surface area contributed by atoms with Gasteiger partial charge in [-0.25, -0.2) is 0 Å². The Bertz CT molecular complexity index is 419. The third-order valence-corrected chi connectivity index (χ3v) is 3.03. The molecule has 1 N–H and O–H groups in total. The predicted octanol–water partition coefficient (Wildman–Crippen LogP) is 2.22. The van der Waals surface area contributed by atoms with Crippen LogP contribution in [0, 0.1) is 0 Å². The molecule has 0 aromatic heterocycles. The fourth-order valence-corrected chi connectivity index (χ4v) is 1.86. The molecule has 0 radical (unpaired) electrons. The molecule has 0 bridgehead atoms. The summed E-state index contributed by atoms with van der Waals surface area (Å²) < 4.78 is 6.53. The van der Waals surface area contributed by atoms with Crippen molar-refractivity contribution in [1.29, 1.82) is 0 Å². The largest absolute Gasteiger partial charge is 0.481 e. The summed E-state index contributed by atoms with van der Waals surface area (Å²) in [5, 5.41) is 8.94. The molecule has 0 saturated heterocycles. The summed E-state index contributed by atoms with van der Waals surface area (Å²) in [5.41, 5.74) is 0. The molecule has 1 unspecified atom stereocenters. The number of carbonyl (C=O) groups is 1. The van der Waals surface area contributed by atoms with Crippen molar-refractivity contribution in [3.8, 4) is 5.75 Å². The maximum Gasteiger partial charge on any atom is 0.263 e. The van der Waals surface area contributed by atoms with E-state index in [-0.39, 0.29) is 19.1 Å². The maximum absolute atomic E-state index is 12.1. The number of hydrogen-bond acceptors (Lipinski definition) is 3. The van der Waals surface area contributed by atoms with Gasteiger partial charge in [0, 0.05) is 17.6 Å². The van der Waals surface area contributed by atoms with Crippen LogP contribution in [0.2, 0.25) is 0 Å². The van der Waals surface area contributed by atoms with Gasteiger partial charge in [-0.3, -0.25) is 4.79 Å². The topological polar surface area (TPSA) is 49.8 Å². The Hall–Kier alpha value is -1.33. The van der Waals surface area contributed by atoms with Crippen LogP contribution < -0.4 is 4.74 Å². The minimum absolute atomic E-state index is 0.0788. The van der Waals surface area contributed by atoms with Gasteiger partial charge in [-0.05, 0) is 31.2 Å². The smallest absolute Gasteiger partial charge is 0.263 e. The number of carbonyl (C=O) groups excluding carboxylic acids is 1. The van der Waals surface area contributed by atoms with E-state index < -0.39 is 6.10 Å². The van der Waals surface area contributed by atoms with Crippen LogP contribution in [-0.2, 0) is 4.79 Å². The fourth-order valence-electron chi connectivity index (χ4n) is 1.59. The first-order chi connectivity index (χ1) is 9.08. The molecule has 0 aliphatic rings. The minimum atomic E-state index is -0.604. The Morgan fingerprint density at radius 2 is 2.16 bits per heavy atom. The van der Waals surface area contributed by atoms with Gasteiger partial charge in [0.05, 0.1) is 6.61 Å². The third kappa shape index (κ3) is 5.04. The van der Waals surface area contributed by atoms with Crippen LogP contribution in [-0.4, -0.2) is 41.7 Å². The summed E-state index contributed by atoms with van der Waals surface area (Å²) >= 11 is 3.34. The minimum Gasteiger partial charge on any atom is -0.481 e. The van der Waals surface area contributed by atoms with Crippen LogP contribution in [0.3, 0.4) is 0 Å². The summed E-state index contributed by atoms with van der Waals surface area (Å²) in [7, 11) is 0. The number of aliphatic hydroxyl groups is 1. The second kappa shape index (κ2) is 7.96. The highest BCUT2D eigenvalue weighted by molar-refractivity contribution is 9.10. The molecule has 0 aliphatic carbocycles. The van der Waals surface area contributed by atoms with Crippen molar-refractivity contribution in [3.05, 3.63) is 41.4 Å². The number of amides is 1. The van der Waals surface area contributed by atoms with Crippen molar-refractivity contribution in [2.45, 2.75) is 13.0 Å². The van der Waals surface area contributed by atoms with Crippen molar-refractivity contribution in [3.63, 3.8) is 0 Å². The molecule has 0 heterocycles. The molecule has 104 valence electrons. The van der Waals surface area contributed by atoms with Crippen LogP contribution in [0.4, 0.5) is 0 Å². The lowest BCUT2D eigenvalue weighted by Crippen LogP contribution is -2.42. The van der Waals surface area contributed by atoms with Gasteiger partial charge >= 0.3 is 0 Å². The van der Waals surface area contributed by atoms with Crippen molar-refractivity contribution < 1.29 is 14.6 Å². The van der Waals surface area contributed by atoms with Gasteiger partial charge < -0.3 is 14.7 Å². The van der Waals surface area contributed by atoms with Gasteiger partial charge in [0.15, 0.2) is 6.10 Å². The number of benzene rings is 1. The molecule has 0 fully saturated rings. The number of rotatable bonds is 7. The van der Waals surface area contributed by atoms with E-state index in [4.69, 9.17) is 9.84 Å². The second-order valence-corrected chi connectivity index (χ2v) is 4.93. The van der Waals surface area contributed by atoms with E-state index >= 15 is 0 Å². The summed E-state index contributed by atoms with van der Waals surface area (Å²) in [5.74, 6) is 0.462. The Balaban J connectivity index is 2.64. The van der Waals surface area contributed by atoms with E-state index in [0.717, 1.165) is 4.47 Å². The summed E-state index contributed by atoms with van der Waals surface area (Å²) in [4.78, 5) is 13.6. The van der Waals surface area contributed by atoms with Gasteiger partial charge in [-0.2, -0.15) is 0 Å². The van der Waals surface area contributed by atoms with Crippen molar-refractivity contribution in [1.82, 2.24) is 4.90 Å². The molecular weight excluding hydrogens is 310 g/mol. The van der Waals surface area contributed by atoms with Crippen molar-refractivity contribution in [2.24, 2.45) is 0 Å². The van der Waals surface area contributed by atoms with Gasteiger partial charge in [0.25, 0.3) is 5.91 Å². The summed E-state index contributed by atoms with van der Waals surface area (Å²) in [6, 6.07) is 7.28. The molecule has 4 nitrogen and oxygen atoms in total. The Kier molecular flexibility index (Phi) is 6.59. The zero-order valence-corrected chi connectivity index (χ0v) is 12.5. The summed E-state index contributed by atoms with van der Waals surface area (Å²) in [6.07, 6.45) is 1.02. The summed E-state index contributed by atoms with van der Waals surface area (Å²) in [6.45, 7) is 5.88. The SMILES string of the molecule is C=CCN(CCO)C(=O)C(C)Oc1ccc(Br)cc1. The number of hydrogen-bond donors (Lipinski definition) is 1. The lowest BCUT2D eigenvalue weighted by atomic mass is 10.3. The molecule has 1 aromatic rings. The normalized spacial score (nSPS) is 11.7. The van der Waals surface area contributed by atoms with E-state index in [0.29, 0.717) is 12.3 Å². The van der Waals surface area contributed by atoms with Crippen LogP contribution >= 0.6 is 15.9 Å². The van der Waals surface area contributed by atoms with E-state index in [1.54, 1.807) is 25.1 Å². The van der Waals surface area contributed by atoms with E-state index in [1.165, 1.54) is 4.90 Å². The van der Waals surface area contributed by atoms with Gasteiger partial charge in [-0.1, -0.05) is 22.0 Å². The molecule has 0 aliphatic heterocycles. The highest BCUT2D eigenvalue weighted by Crippen LogP contribution is 2.17. The van der Waals surface area contributed by atoms with Crippen LogP contribution in [0.15, 0.2) is 41.4 Å². The van der Waals surface area contributed by atoms with Crippen molar-refractivity contribution in [2.75, 3.05) is 19.7 Å². The molecule has 1 atom stereocenters. The number of halogens is 1. The molecule has 0 saturated carbocycles. The van der Waals surface area contributed by atoms with Crippen LogP contribution in [0.5, 0.6) is 5.75 Å². The molecule has 1 rings (SSSR count). The molecule has 0 spiro atoms. The lowest BCUT2D eigenvalue weighted by Gasteiger charge is -2.24. The molecule has 5 heteroatoms. The zero-order chi connectivity index (χ0) is 14.3. The van der Waals surface area contributed by atoms with Gasteiger partial charge in [-0.15, -0.1) is 6.58 Å². The molecule has 1 amide bonds. The number of aliphatic hydroxyl groups excluding tert-OH is 1.